The van der Waals surface area contributed by atoms with E-state index in [1.807, 2.05) is 6.08 Å². The van der Waals surface area contributed by atoms with Gasteiger partial charge in [0.1, 0.15) is 0 Å². The summed E-state index contributed by atoms with van der Waals surface area (Å²) in [6, 6.07) is 0. The molecule has 0 saturated heterocycles. The fraction of sp³-hybridized carbons (Fsp3) is 0.333. The van der Waals surface area contributed by atoms with Crippen LogP contribution in [0.4, 0.5) is 0 Å². The average Bonchev–Trinajstić information content (AvgIpc) is 1.37. The van der Waals surface area contributed by atoms with Crippen molar-refractivity contribution in [2.24, 2.45) is 0 Å². The van der Waals surface area contributed by atoms with Gasteiger partial charge in [0, 0.05) is 0 Å². The Kier molecular flexibility index (Phi) is 41.7. The van der Waals surface area contributed by atoms with E-state index in [0.29, 0.717) is 0 Å². The maximum atomic E-state index is 3.53. The Morgan fingerprint density at radius 2 is 1.67 bits per heavy atom. The van der Waals surface area contributed by atoms with E-state index in [0.717, 1.165) is 24.4 Å². The predicted octanol–water partition coefficient (Wildman–Crippen LogP) is 1.38. The van der Waals surface area contributed by atoms with Crippen LogP contribution in [0.5, 0.6) is 0 Å². The molecule has 0 aromatic carbocycles. The number of hydrogen-bond donors (Lipinski definition) is 0. The first-order valence-corrected chi connectivity index (χ1v) is 5.56. The third-order valence-corrected chi connectivity index (χ3v) is 1.94. The molecule has 0 unspecified atom stereocenters. The molecule has 0 aliphatic rings. The normalized spacial score (nSPS) is 4.00. The Morgan fingerprint density at radius 1 is 1.50 bits per heavy atom. The van der Waals surface area contributed by atoms with Crippen molar-refractivity contribution in [1.82, 2.24) is 0 Å². The molecule has 0 aromatic heterocycles. The zero-order valence-electron chi connectivity index (χ0n) is 3.81. The van der Waals surface area contributed by atoms with E-state index in [9.17, 15) is 0 Å². The number of hydrogen-bond acceptors (Lipinski definition) is 0. The summed E-state index contributed by atoms with van der Waals surface area (Å²) in [5.74, 6) is 0. The van der Waals surface area contributed by atoms with Crippen molar-refractivity contribution in [2.45, 2.75) is 4.18 Å². The topological polar surface area (TPSA) is 0 Å². The van der Waals surface area contributed by atoms with Crippen LogP contribution >= 0.6 is 34.0 Å². The van der Waals surface area contributed by atoms with E-state index in [4.69, 9.17) is 0 Å². The van der Waals surface area contributed by atoms with Gasteiger partial charge >= 0.3 is 41.2 Å². The number of rotatable bonds is 1. The van der Waals surface area contributed by atoms with Crippen molar-refractivity contribution in [2.75, 3.05) is 0 Å². The standard InChI is InChI=1S/C3H5.2BrH.In.2H/c1-3-2;;;;;/h3H,1-2H2;2*1H;;;. The van der Waals surface area contributed by atoms with E-state index in [2.05, 4.69) is 6.58 Å². The third-order valence-electron chi connectivity index (χ3n) is 0.289. The van der Waals surface area contributed by atoms with Gasteiger partial charge < -0.3 is 0 Å². The van der Waals surface area contributed by atoms with Crippen LogP contribution in [0.2, 0.25) is 4.18 Å². The van der Waals surface area contributed by atoms with Crippen molar-refractivity contribution < 1.29 is 0 Å². The van der Waals surface area contributed by atoms with E-state index in [1.165, 1.54) is 4.18 Å². The molecule has 0 atom stereocenters. The van der Waals surface area contributed by atoms with Gasteiger partial charge in [0.15, 0.2) is 0 Å². The maximum absolute atomic E-state index is 3.53. The van der Waals surface area contributed by atoms with Crippen LogP contribution in [-0.4, -0.2) is 24.4 Å². The first kappa shape index (κ1) is 15.6. The van der Waals surface area contributed by atoms with Crippen molar-refractivity contribution in [3.63, 3.8) is 0 Å². The quantitative estimate of drug-likeness (QED) is 0.641. The van der Waals surface area contributed by atoms with Gasteiger partial charge in [0.25, 0.3) is 0 Å². The molecule has 6 heavy (non-hydrogen) atoms. The monoisotopic (exact) mass is 318 g/mol. The molecule has 0 aliphatic carbocycles. The summed E-state index contributed by atoms with van der Waals surface area (Å²) in [5, 5.41) is 0. The Balaban J connectivity index is -0.0000000450. The Bertz CT molecular complexity index is 22.8. The molecule has 0 fully saturated rings. The predicted molar refractivity (Wildman–Crippen MR) is 44.2 cm³/mol. The second-order valence-corrected chi connectivity index (χ2v) is 3.03. The molecule has 3 heteroatoms. The van der Waals surface area contributed by atoms with Gasteiger partial charge in [-0.3, -0.25) is 0 Å². The summed E-state index contributed by atoms with van der Waals surface area (Å²) in [5.41, 5.74) is 0. The number of halogens is 2. The van der Waals surface area contributed by atoms with Gasteiger partial charge in [-0.25, -0.2) is 0 Å². The molecule has 0 heterocycles. The summed E-state index contributed by atoms with van der Waals surface area (Å²) in [4.78, 5) is 0. The van der Waals surface area contributed by atoms with E-state index in [-0.39, 0.29) is 34.0 Å². The fourth-order valence-corrected chi connectivity index (χ4v) is 0. The molecule has 0 N–H and O–H groups in total. The average molecular weight is 320 g/mol. The van der Waals surface area contributed by atoms with Crippen molar-refractivity contribution in [3.8, 4) is 0 Å². The van der Waals surface area contributed by atoms with Gasteiger partial charge in [-0.2, -0.15) is 0 Å². The zero-order chi connectivity index (χ0) is 3.41. The second kappa shape index (κ2) is 16.0. The van der Waals surface area contributed by atoms with E-state index < -0.39 is 0 Å². The fourth-order valence-electron chi connectivity index (χ4n) is 0. The molecule has 0 rings (SSSR count). The third kappa shape index (κ3) is 17.6. The van der Waals surface area contributed by atoms with Crippen LogP contribution in [0, 0.1) is 0 Å². The van der Waals surface area contributed by atoms with Crippen molar-refractivity contribution in [3.05, 3.63) is 12.7 Å². The van der Waals surface area contributed by atoms with Gasteiger partial charge in [-0.05, 0) is 0 Å². The molecule has 38 valence electrons. The molecular weight excluding hydrogens is 311 g/mol. The minimum atomic E-state index is 0. The molecule has 0 aliphatic heterocycles. The summed E-state index contributed by atoms with van der Waals surface area (Å²) < 4.78 is 1.29. The van der Waals surface area contributed by atoms with Crippen molar-refractivity contribution >= 4 is 58.3 Å². The first-order chi connectivity index (χ1) is 1.91. The zero-order valence-corrected chi connectivity index (χ0v) is 12.9. The SMILES string of the molecule is Br.Br.C=C[CH2][InH2]. The van der Waals surface area contributed by atoms with Crippen LogP contribution in [0.15, 0.2) is 12.7 Å². The molecule has 0 radical (unpaired) electrons. The first-order valence-electron chi connectivity index (χ1n) is 1.52. The van der Waals surface area contributed by atoms with E-state index >= 15 is 0 Å². The summed E-state index contributed by atoms with van der Waals surface area (Å²) >= 11 is 0.867. The molecule has 0 saturated carbocycles. The van der Waals surface area contributed by atoms with Crippen LogP contribution in [-0.2, 0) is 0 Å². The van der Waals surface area contributed by atoms with Crippen LogP contribution in [0.1, 0.15) is 0 Å². The molecular formula is C3H9Br2In. The Morgan fingerprint density at radius 3 is 1.67 bits per heavy atom. The van der Waals surface area contributed by atoms with E-state index in [1.54, 1.807) is 0 Å². The summed E-state index contributed by atoms with van der Waals surface area (Å²) in [6.45, 7) is 3.53. The van der Waals surface area contributed by atoms with Gasteiger partial charge in [-0.15, -0.1) is 34.0 Å². The Labute approximate surface area is 74.5 Å². The number of allylic oxidation sites excluding steroid dienone is 1. The molecule has 0 aromatic rings. The van der Waals surface area contributed by atoms with Gasteiger partial charge in [0.05, 0.1) is 0 Å². The molecule has 0 spiro atoms. The van der Waals surface area contributed by atoms with Crippen LogP contribution < -0.4 is 0 Å². The Hall–Kier alpha value is 1.57. The van der Waals surface area contributed by atoms with Crippen molar-refractivity contribution in [1.29, 1.82) is 0 Å². The van der Waals surface area contributed by atoms with Gasteiger partial charge in [-0.1, -0.05) is 0 Å². The molecule has 0 bridgehead atoms. The second-order valence-electron chi connectivity index (χ2n) is 0.697. The van der Waals surface area contributed by atoms with Gasteiger partial charge in [0.2, 0.25) is 0 Å². The molecule has 0 amide bonds. The summed E-state index contributed by atoms with van der Waals surface area (Å²) in [7, 11) is 0. The van der Waals surface area contributed by atoms with Crippen LogP contribution in [0.3, 0.4) is 0 Å². The molecule has 0 nitrogen and oxygen atoms in total. The van der Waals surface area contributed by atoms with Crippen LogP contribution in [0.25, 0.3) is 0 Å². The minimum absolute atomic E-state index is 0. The summed E-state index contributed by atoms with van der Waals surface area (Å²) in [6.07, 6.45) is 1.97.